The maximum absolute atomic E-state index is 2.33. The summed E-state index contributed by atoms with van der Waals surface area (Å²) in [6, 6.07) is 10.6. The first-order valence-electron chi connectivity index (χ1n) is 6.24. The lowest BCUT2D eigenvalue weighted by molar-refractivity contribution is 0.554. The molecule has 0 nitrogen and oxygen atoms in total. The zero-order chi connectivity index (χ0) is 12.6. The van der Waals surface area contributed by atoms with Crippen LogP contribution in [0, 0.1) is 11.8 Å². The lowest BCUT2D eigenvalue weighted by atomic mass is 9.78. The Morgan fingerprint density at radius 2 is 1.47 bits per heavy atom. The van der Waals surface area contributed by atoms with E-state index in [1.54, 1.807) is 0 Å². The van der Waals surface area contributed by atoms with Crippen LogP contribution in [-0.4, -0.2) is 0 Å². The first-order valence-corrected chi connectivity index (χ1v) is 6.24. The molecule has 17 heavy (non-hydrogen) atoms. The van der Waals surface area contributed by atoms with Crippen molar-refractivity contribution < 1.29 is 0 Å². The number of hydrogen-bond acceptors (Lipinski definition) is 0. The summed E-state index contributed by atoms with van der Waals surface area (Å²) in [4.78, 5) is 0. The van der Waals surface area contributed by atoms with E-state index in [2.05, 4.69) is 71.4 Å². The minimum Gasteiger partial charge on any atom is -0.0622 e. The van der Waals surface area contributed by atoms with Crippen molar-refractivity contribution in [3.05, 3.63) is 64.6 Å². The molecule has 0 bridgehead atoms. The molecule has 0 atom stereocenters. The smallest absolute Gasteiger partial charge is 0.0169 e. The third-order valence-corrected chi connectivity index (χ3v) is 4.25. The Bertz CT molecular complexity index is 484. The predicted octanol–water partition coefficient (Wildman–Crippen LogP) is 4.93. The molecule has 1 aliphatic carbocycles. The maximum atomic E-state index is 2.33. The van der Waals surface area contributed by atoms with Crippen LogP contribution in [0.5, 0.6) is 0 Å². The van der Waals surface area contributed by atoms with Gasteiger partial charge in [0.1, 0.15) is 0 Å². The van der Waals surface area contributed by atoms with Gasteiger partial charge in [-0.1, -0.05) is 49.8 Å². The minimum absolute atomic E-state index is 0.171. The van der Waals surface area contributed by atoms with E-state index in [0.717, 1.165) is 0 Å². The number of allylic oxidation sites excluding steroid dienone is 4. The molecule has 0 amide bonds. The monoisotopic (exact) mass is 225 g/mol. The lowest BCUT2D eigenvalue weighted by Gasteiger charge is -2.26. The van der Waals surface area contributed by atoms with E-state index in [9.17, 15) is 0 Å². The van der Waals surface area contributed by atoms with Gasteiger partial charge in [-0.2, -0.15) is 0 Å². The van der Waals surface area contributed by atoms with Gasteiger partial charge in [-0.3, -0.25) is 0 Å². The van der Waals surface area contributed by atoms with Crippen molar-refractivity contribution in [2.75, 3.05) is 0 Å². The second kappa shape index (κ2) is 4.18. The van der Waals surface area contributed by atoms with E-state index in [4.69, 9.17) is 0 Å². The molecule has 1 aromatic rings. The third-order valence-electron chi connectivity index (χ3n) is 4.25. The van der Waals surface area contributed by atoms with Crippen LogP contribution in [0.3, 0.4) is 0 Å². The predicted molar refractivity (Wildman–Crippen MR) is 74.7 cm³/mol. The molecule has 0 fully saturated rings. The quantitative estimate of drug-likeness (QED) is 0.669. The van der Waals surface area contributed by atoms with Gasteiger partial charge < -0.3 is 0 Å². The topological polar surface area (TPSA) is 0 Å². The van der Waals surface area contributed by atoms with Crippen molar-refractivity contribution >= 4 is 0 Å². The van der Waals surface area contributed by atoms with Crippen LogP contribution < -0.4 is 0 Å². The molecule has 2 rings (SSSR count). The maximum Gasteiger partial charge on any atom is 0.0169 e. The Balaban J connectivity index is 2.36. The van der Waals surface area contributed by atoms with Crippen LogP contribution in [0.15, 0.2) is 52.6 Å². The molecular formula is C17H21. The van der Waals surface area contributed by atoms with Gasteiger partial charge in [0.15, 0.2) is 0 Å². The highest BCUT2D eigenvalue weighted by Gasteiger charge is 2.33. The Hall–Kier alpha value is -1.30. The number of hydrogen-bond donors (Lipinski definition) is 0. The molecule has 0 saturated carbocycles. The van der Waals surface area contributed by atoms with E-state index < -0.39 is 0 Å². The zero-order valence-corrected chi connectivity index (χ0v) is 11.5. The van der Waals surface area contributed by atoms with Gasteiger partial charge in [-0.15, -0.1) is 0 Å². The molecule has 0 aliphatic heterocycles. The normalized spacial score (nSPS) is 19.1. The van der Waals surface area contributed by atoms with Gasteiger partial charge in [0.05, 0.1) is 0 Å². The van der Waals surface area contributed by atoms with Crippen molar-refractivity contribution in [2.45, 2.75) is 34.6 Å². The summed E-state index contributed by atoms with van der Waals surface area (Å²) in [5, 5.41) is 0. The van der Waals surface area contributed by atoms with E-state index in [0.29, 0.717) is 0 Å². The fraction of sp³-hybridized carbons (Fsp3) is 0.353. The molecule has 0 N–H and O–H groups in total. The van der Waals surface area contributed by atoms with Crippen molar-refractivity contribution in [3.63, 3.8) is 0 Å². The van der Waals surface area contributed by atoms with Gasteiger partial charge in [0, 0.05) is 11.8 Å². The van der Waals surface area contributed by atoms with Gasteiger partial charge in [-0.25, -0.2) is 0 Å². The summed E-state index contributed by atoms with van der Waals surface area (Å²) in [5.41, 5.74) is 7.31. The summed E-state index contributed by atoms with van der Waals surface area (Å²) in [5.74, 6) is 0. The molecule has 0 aromatic heterocycles. The second-order valence-corrected chi connectivity index (χ2v) is 5.47. The Morgan fingerprint density at radius 1 is 0.882 bits per heavy atom. The van der Waals surface area contributed by atoms with Crippen molar-refractivity contribution in [3.8, 4) is 0 Å². The van der Waals surface area contributed by atoms with Crippen LogP contribution in [0.4, 0.5) is 0 Å². The molecule has 0 unspecified atom stereocenters. The molecule has 0 heterocycles. The van der Waals surface area contributed by atoms with E-state index >= 15 is 0 Å². The third kappa shape index (κ3) is 1.97. The average molecular weight is 225 g/mol. The van der Waals surface area contributed by atoms with Crippen LogP contribution in [0.1, 0.15) is 40.2 Å². The standard InChI is InChI=1S/C17H21/c1-12-13(2)16(17(4,5)14(12)3)11-15-9-7-6-8-10-15/h6-11H,1-5H3. The largest absolute Gasteiger partial charge is 0.0622 e. The van der Waals surface area contributed by atoms with Crippen LogP contribution in [0.25, 0.3) is 0 Å². The molecule has 1 radical (unpaired) electrons. The zero-order valence-electron chi connectivity index (χ0n) is 11.5. The summed E-state index contributed by atoms with van der Waals surface area (Å²) >= 11 is 0. The summed E-state index contributed by atoms with van der Waals surface area (Å²) in [6.07, 6.45) is 2.33. The highest BCUT2D eigenvalue weighted by atomic mass is 14.4. The van der Waals surface area contributed by atoms with E-state index in [1.807, 2.05) is 0 Å². The van der Waals surface area contributed by atoms with Crippen molar-refractivity contribution in [1.29, 1.82) is 0 Å². The summed E-state index contributed by atoms with van der Waals surface area (Å²) in [7, 11) is 0. The average Bonchev–Trinajstić information content (AvgIpc) is 2.46. The molecule has 0 spiro atoms. The van der Waals surface area contributed by atoms with Gasteiger partial charge in [0.2, 0.25) is 0 Å². The van der Waals surface area contributed by atoms with Crippen molar-refractivity contribution in [2.24, 2.45) is 5.41 Å². The highest BCUT2D eigenvalue weighted by Crippen LogP contribution is 2.47. The number of benzene rings is 1. The van der Waals surface area contributed by atoms with Crippen LogP contribution in [-0.2, 0) is 0 Å². The fourth-order valence-electron chi connectivity index (χ4n) is 2.63. The van der Waals surface area contributed by atoms with Crippen LogP contribution in [0.2, 0.25) is 0 Å². The number of rotatable bonds is 2. The Kier molecular flexibility index (Phi) is 2.99. The molecule has 89 valence electrons. The lowest BCUT2D eigenvalue weighted by Crippen LogP contribution is -2.14. The SMILES string of the molecule is CC1=C(C)C(C)(C)C([CH]c2ccccc2)=C1C. The second-order valence-electron chi connectivity index (χ2n) is 5.47. The van der Waals surface area contributed by atoms with Crippen LogP contribution >= 0.6 is 0 Å². The minimum atomic E-state index is 0.171. The van der Waals surface area contributed by atoms with E-state index in [-0.39, 0.29) is 5.41 Å². The molecule has 1 aliphatic rings. The first kappa shape index (κ1) is 12.2. The Labute approximate surface area is 105 Å². The van der Waals surface area contributed by atoms with E-state index in [1.165, 1.54) is 27.9 Å². The molecule has 1 aromatic carbocycles. The highest BCUT2D eigenvalue weighted by molar-refractivity contribution is 5.56. The molecular weight excluding hydrogens is 204 g/mol. The Morgan fingerprint density at radius 3 is 1.94 bits per heavy atom. The fourth-order valence-corrected chi connectivity index (χ4v) is 2.63. The molecule has 0 heteroatoms. The summed E-state index contributed by atoms with van der Waals surface area (Å²) in [6.45, 7) is 11.4. The first-order chi connectivity index (χ1) is 7.94. The molecule has 0 saturated heterocycles. The summed E-state index contributed by atoms with van der Waals surface area (Å²) < 4.78 is 0. The van der Waals surface area contributed by atoms with Gasteiger partial charge in [0.25, 0.3) is 0 Å². The van der Waals surface area contributed by atoms with Gasteiger partial charge in [-0.05, 0) is 43.1 Å². The van der Waals surface area contributed by atoms with Gasteiger partial charge >= 0.3 is 0 Å². The van der Waals surface area contributed by atoms with Crippen molar-refractivity contribution in [1.82, 2.24) is 0 Å².